The molecule has 0 fully saturated rings. The van der Waals surface area contributed by atoms with Crippen molar-refractivity contribution in [1.82, 2.24) is 20.1 Å². The molecule has 0 saturated heterocycles. The number of nitrogens with one attached hydrogen (secondary N) is 1. The Hall–Kier alpha value is -2.43. The molecule has 0 bridgehead atoms. The molecule has 0 saturated carbocycles. The fraction of sp³-hybridized carbons (Fsp3) is 0.0833. The van der Waals surface area contributed by atoms with E-state index in [2.05, 4.69) is 20.1 Å². The molecule has 0 aliphatic heterocycles. The second-order valence-corrected chi connectivity index (χ2v) is 3.63. The Morgan fingerprint density at radius 2 is 2.00 bits per heavy atom. The van der Waals surface area contributed by atoms with Crippen molar-refractivity contribution in [3.8, 4) is 22.8 Å². The van der Waals surface area contributed by atoms with E-state index in [1.165, 1.54) is 0 Å². The summed E-state index contributed by atoms with van der Waals surface area (Å²) in [6.45, 7) is 1.79. The van der Waals surface area contributed by atoms with Crippen LogP contribution in [0.5, 0.6) is 0 Å². The van der Waals surface area contributed by atoms with Crippen LogP contribution in [0.4, 0.5) is 0 Å². The Morgan fingerprint density at radius 1 is 1.18 bits per heavy atom. The lowest BCUT2D eigenvalue weighted by atomic mass is 10.1. The predicted molar refractivity (Wildman–Crippen MR) is 62.1 cm³/mol. The summed E-state index contributed by atoms with van der Waals surface area (Å²) in [5, 5.41) is 3.80. The van der Waals surface area contributed by atoms with Crippen LogP contribution in [0, 0.1) is 6.92 Å². The van der Waals surface area contributed by atoms with Gasteiger partial charge in [-0.05, 0) is 13.0 Å². The van der Waals surface area contributed by atoms with Gasteiger partial charge in [0, 0.05) is 18.0 Å². The fourth-order valence-corrected chi connectivity index (χ4v) is 1.70. The van der Waals surface area contributed by atoms with Crippen LogP contribution in [0.2, 0.25) is 0 Å². The quantitative estimate of drug-likeness (QED) is 0.728. The van der Waals surface area contributed by atoms with Crippen molar-refractivity contribution in [2.45, 2.75) is 6.92 Å². The molecule has 0 aliphatic rings. The number of aromatic amines is 1. The van der Waals surface area contributed by atoms with Crippen LogP contribution in [0.15, 0.2) is 41.2 Å². The van der Waals surface area contributed by atoms with E-state index < -0.39 is 0 Å². The summed E-state index contributed by atoms with van der Waals surface area (Å²) in [6, 6.07) is 7.78. The van der Waals surface area contributed by atoms with E-state index in [-0.39, 0.29) is 0 Å². The lowest BCUT2D eigenvalue weighted by Gasteiger charge is -2.02. The fourth-order valence-electron chi connectivity index (χ4n) is 1.70. The molecule has 0 unspecified atom stereocenters. The molecule has 84 valence electrons. The molecular weight excluding hydrogens is 216 g/mol. The second kappa shape index (κ2) is 3.86. The largest absolute Gasteiger partial charge is 0.345 e. The summed E-state index contributed by atoms with van der Waals surface area (Å²) in [7, 11) is 0. The van der Waals surface area contributed by atoms with E-state index in [4.69, 9.17) is 4.52 Å². The first kappa shape index (κ1) is 9.77. The Bertz CT molecular complexity index is 628. The van der Waals surface area contributed by atoms with Crippen molar-refractivity contribution in [1.29, 1.82) is 0 Å². The number of imidazole rings is 1. The standard InChI is InChI=1S/C12H10N4O/c1-8-15-12(17-16-8)10-5-3-2-4-9(10)11-13-6-7-14-11/h2-7H,1H3,(H,13,14). The highest BCUT2D eigenvalue weighted by Crippen LogP contribution is 2.28. The van der Waals surface area contributed by atoms with Gasteiger partial charge in [-0.3, -0.25) is 0 Å². The molecule has 3 rings (SSSR count). The van der Waals surface area contributed by atoms with Gasteiger partial charge >= 0.3 is 0 Å². The summed E-state index contributed by atoms with van der Waals surface area (Å²) >= 11 is 0. The van der Waals surface area contributed by atoms with E-state index in [1.807, 2.05) is 24.3 Å². The Labute approximate surface area is 97.5 Å². The first-order chi connectivity index (χ1) is 8.34. The van der Waals surface area contributed by atoms with Gasteiger partial charge in [-0.15, -0.1) is 0 Å². The summed E-state index contributed by atoms with van der Waals surface area (Å²) in [6.07, 6.45) is 3.50. The lowest BCUT2D eigenvalue weighted by Crippen LogP contribution is -1.86. The highest BCUT2D eigenvalue weighted by molar-refractivity contribution is 5.75. The van der Waals surface area contributed by atoms with Gasteiger partial charge < -0.3 is 9.51 Å². The zero-order valence-electron chi connectivity index (χ0n) is 9.21. The van der Waals surface area contributed by atoms with E-state index >= 15 is 0 Å². The molecule has 5 nitrogen and oxygen atoms in total. The molecule has 1 aromatic carbocycles. The molecule has 17 heavy (non-hydrogen) atoms. The monoisotopic (exact) mass is 226 g/mol. The van der Waals surface area contributed by atoms with Gasteiger partial charge in [-0.2, -0.15) is 4.98 Å². The number of aromatic nitrogens is 4. The molecule has 2 aromatic heterocycles. The smallest absolute Gasteiger partial charge is 0.258 e. The molecule has 5 heteroatoms. The van der Waals surface area contributed by atoms with Crippen LogP contribution >= 0.6 is 0 Å². The molecule has 3 aromatic rings. The van der Waals surface area contributed by atoms with Crippen LogP contribution in [-0.2, 0) is 0 Å². The maximum atomic E-state index is 5.19. The van der Waals surface area contributed by atoms with E-state index in [0.717, 1.165) is 17.0 Å². The van der Waals surface area contributed by atoms with Crippen LogP contribution in [-0.4, -0.2) is 20.1 Å². The molecule has 1 N–H and O–H groups in total. The van der Waals surface area contributed by atoms with Gasteiger partial charge in [0.1, 0.15) is 5.82 Å². The second-order valence-electron chi connectivity index (χ2n) is 3.63. The first-order valence-electron chi connectivity index (χ1n) is 5.24. The van der Waals surface area contributed by atoms with Crippen molar-refractivity contribution < 1.29 is 4.52 Å². The Morgan fingerprint density at radius 3 is 2.65 bits per heavy atom. The third-order valence-corrected chi connectivity index (χ3v) is 2.44. The molecule has 0 amide bonds. The van der Waals surface area contributed by atoms with Gasteiger partial charge in [0.05, 0.1) is 5.56 Å². The van der Waals surface area contributed by atoms with Crippen molar-refractivity contribution in [3.05, 3.63) is 42.5 Å². The highest BCUT2D eigenvalue weighted by Gasteiger charge is 2.13. The molecule has 0 spiro atoms. The third kappa shape index (κ3) is 1.71. The van der Waals surface area contributed by atoms with E-state index in [0.29, 0.717) is 11.7 Å². The summed E-state index contributed by atoms with van der Waals surface area (Å²) in [4.78, 5) is 11.5. The van der Waals surface area contributed by atoms with Crippen molar-refractivity contribution in [2.75, 3.05) is 0 Å². The Balaban J connectivity index is 2.17. The minimum absolute atomic E-state index is 0.509. The summed E-state index contributed by atoms with van der Waals surface area (Å²) in [5.41, 5.74) is 1.82. The number of hydrogen-bond acceptors (Lipinski definition) is 4. The Kier molecular flexibility index (Phi) is 2.22. The van der Waals surface area contributed by atoms with E-state index in [9.17, 15) is 0 Å². The minimum atomic E-state index is 0.509. The summed E-state index contributed by atoms with van der Waals surface area (Å²) in [5.74, 6) is 1.92. The van der Waals surface area contributed by atoms with Gasteiger partial charge in [0.2, 0.25) is 0 Å². The van der Waals surface area contributed by atoms with Crippen LogP contribution in [0.3, 0.4) is 0 Å². The van der Waals surface area contributed by atoms with Gasteiger partial charge in [0.25, 0.3) is 5.89 Å². The zero-order valence-corrected chi connectivity index (χ0v) is 9.21. The average molecular weight is 226 g/mol. The molecule has 0 aliphatic carbocycles. The maximum Gasteiger partial charge on any atom is 0.258 e. The average Bonchev–Trinajstić information content (AvgIpc) is 3.00. The van der Waals surface area contributed by atoms with Crippen molar-refractivity contribution >= 4 is 0 Å². The van der Waals surface area contributed by atoms with Crippen molar-refractivity contribution in [2.24, 2.45) is 0 Å². The number of hydrogen-bond donors (Lipinski definition) is 1. The van der Waals surface area contributed by atoms with E-state index in [1.54, 1.807) is 19.3 Å². The van der Waals surface area contributed by atoms with Gasteiger partial charge in [-0.25, -0.2) is 4.98 Å². The number of benzene rings is 1. The van der Waals surface area contributed by atoms with Crippen LogP contribution in [0.25, 0.3) is 22.8 Å². The highest BCUT2D eigenvalue weighted by atomic mass is 16.5. The van der Waals surface area contributed by atoms with Crippen molar-refractivity contribution in [3.63, 3.8) is 0 Å². The molecule has 0 atom stereocenters. The molecule has 0 radical (unpaired) electrons. The molecule has 2 heterocycles. The number of H-pyrrole nitrogens is 1. The lowest BCUT2D eigenvalue weighted by molar-refractivity contribution is 0.425. The number of rotatable bonds is 2. The summed E-state index contributed by atoms with van der Waals surface area (Å²) < 4.78 is 5.19. The maximum absolute atomic E-state index is 5.19. The minimum Gasteiger partial charge on any atom is -0.345 e. The number of aryl methyl sites for hydroxylation is 1. The SMILES string of the molecule is Cc1noc(-c2ccccc2-c2ncc[nH]2)n1. The third-order valence-electron chi connectivity index (χ3n) is 2.44. The van der Waals surface area contributed by atoms with Gasteiger partial charge in [-0.1, -0.05) is 23.4 Å². The first-order valence-corrected chi connectivity index (χ1v) is 5.24. The topological polar surface area (TPSA) is 67.6 Å². The predicted octanol–water partition coefficient (Wildman–Crippen LogP) is 2.44. The van der Waals surface area contributed by atoms with Crippen LogP contribution in [0.1, 0.15) is 5.82 Å². The number of nitrogens with zero attached hydrogens (tertiary/aromatic N) is 3. The molecular formula is C12H10N4O. The normalized spacial score (nSPS) is 10.6. The van der Waals surface area contributed by atoms with Gasteiger partial charge in [0.15, 0.2) is 5.82 Å². The van der Waals surface area contributed by atoms with Crippen LogP contribution < -0.4 is 0 Å². The zero-order chi connectivity index (χ0) is 11.7.